The maximum atomic E-state index is 5.10. The molecule has 0 atom stereocenters. The smallest absolute Gasteiger partial charge is 0.213 e. The Morgan fingerprint density at radius 1 is 1.33 bits per heavy atom. The van der Waals surface area contributed by atoms with Gasteiger partial charge < -0.3 is 10.1 Å². The van der Waals surface area contributed by atoms with Crippen molar-refractivity contribution in [3.05, 3.63) is 30.7 Å². The Balaban J connectivity index is 2.26. The van der Waals surface area contributed by atoms with Crippen LogP contribution in [-0.4, -0.2) is 28.6 Å². The maximum absolute atomic E-state index is 5.10. The molecule has 2 aromatic rings. The normalized spacial score (nSPS) is 10.1. The van der Waals surface area contributed by atoms with E-state index in [9.17, 15) is 0 Å². The Kier molecular flexibility index (Phi) is 4.06. The van der Waals surface area contributed by atoms with Crippen molar-refractivity contribution >= 4 is 5.82 Å². The molecule has 94 valence electrons. The van der Waals surface area contributed by atoms with Gasteiger partial charge in [0.25, 0.3) is 0 Å². The minimum absolute atomic E-state index is 0.571. The molecule has 0 aliphatic rings. The predicted octanol–water partition coefficient (Wildman–Crippen LogP) is 2.37. The van der Waals surface area contributed by atoms with Crippen molar-refractivity contribution in [2.75, 3.05) is 19.0 Å². The quantitative estimate of drug-likeness (QED) is 0.875. The number of anilines is 1. The van der Waals surface area contributed by atoms with E-state index in [1.165, 1.54) is 0 Å². The second-order valence-corrected chi connectivity index (χ2v) is 3.80. The first kappa shape index (κ1) is 12.3. The first-order valence-corrected chi connectivity index (χ1v) is 5.90. The largest absolute Gasteiger partial charge is 0.481 e. The van der Waals surface area contributed by atoms with Crippen LogP contribution in [0.25, 0.3) is 11.3 Å². The maximum Gasteiger partial charge on any atom is 0.213 e. The summed E-state index contributed by atoms with van der Waals surface area (Å²) in [6.45, 7) is 3.00. The Labute approximate surface area is 106 Å². The van der Waals surface area contributed by atoms with E-state index < -0.39 is 0 Å². The molecular formula is C13H16N4O. The summed E-state index contributed by atoms with van der Waals surface area (Å²) in [6, 6.07) is 3.73. The molecule has 0 spiro atoms. The van der Waals surface area contributed by atoms with Gasteiger partial charge in [-0.3, -0.25) is 4.98 Å². The molecule has 2 aromatic heterocycles. The zero-order chi connectivity index (χ0) is 12.8. The Hall–Kier alpha value is -2.17. The fourth-order valence-electron chi connectivity index (χ4n) is 1.52. The van der Waals surface area contributed by atoms with Gasteiger partial charge in [0.2, 0.25) is 5.88 Å². The molecule has 0 bridgehead atoms. The summed E-state index contributed by atoms with van der Waals surface area (Å²) in [6.07, 6.45) is 6.19. The topological polar surface area (TPSA) is 59.9 Å². The summed E-state index contributed by atoms with van der Waals surface area (Å²) in [5.41, 5.74) is 1.74. The highest BCUT2D eigenvalue weighted by molar-refractivity contribution is 5.60. The number of rotatable bonds is 5. The second kappa shape index (κ2) is 5.95. The first-order chi connectivity index (χ1) is 8.83. The number of nitrogens with one attached hydrogen (secondary N) is 1. The van der Waals surface area contributed by atoms with Crippen molar-refractivity contribution in [2.24, 2.45) is 0 Å². The molecule has 5 nitrogen and oxygen atoms in total. The van der Waals surface area contributed by atoms with Crippen LogP contribution in [0.2, 0.25) is 0 Å². The van der Waals surface area contributed by atoms with E-state index in [-0.39, 0.29) is 0 Å². The fourth-order valence-corrected chi connectivity index (χ4v) is 1.52. The van der Waals surface area contributed by atoms with Crippen LogP contribution in [0.4, 0.5) is 5.82 Å². The molecule has 5 heteroatoms. The lowest BCUT2D eigenvalue weighted by Crippen LogP contribution is -2.03. The van der Waals surface area contributed by atoms with Gasteiger partial charge in [0.1, 0.15) is 5.82 Å². The van der Waals surface area contributed by atoms with Crippen molar-refractivity contribution < 1.29 is 4.74 Å². The lowest BCUT2D eigenvalue weighted by molar-refractivity contribution is 0.398. The summed E-state index contributed by atoms with van der Waals surface area (Å²) in [4.78, 5) is 12.8. The molecule has 0 fully saturated rings. The van der Waals surface area contributed by atoms with E-state index in [1.807, 2.05) is 12.1 Å². The number of methoxy groups -OCH3 is 1. The molecule has 0 radical (unpaired) electrons. The molecule has 0 aliphatic carbocycles. The number of aromatic nitrogens is 3. The highest BCUT2D eigenvalue weighted by Crippen LogP contribution is 2.20. The van der Waals surface area contributed by atoms with Crippen molar-refractivity contribution in [3.63, 3.8) is 0 Å². The molecule has 0 saturated carbocycles. The Morgan fingerprint density at radius 2 is 2.22 bits per heavy atom. The molecule has 0 saturated heterocycles. The standard InChI is InChI=1S/C13H16N4O/c1-3-5-15-12-9-14-8-11(17-12)10-4-6-16-13(7-10)18-2/h4,6-9H,3,5H2,1-2H3,(H,15,17). The Bertz CT molecular complexity index is 516. The molecule has 0 amide bonds. The Morgan fingerprint density at radius 3 is 3.00 bits per heavy atom. The van der Waals surface area contributed by atoms with E-state index in [0.29, 0.717) is 5.88 Å². The molecule has 0 aliphatic heterocycles. The van der Waals surface area contributed by atoms with Crippen LogP contribution < -0.4 is 10.1 Å². The van der Waals surface area contributed by atoms with E-state index in [4.69, 9.17) is 4.74 Å². The van der Waals surface area contributed by atoms with Crippen molar-refractivity contribution in [2.45, 2.75) is 13.3 Å². The fraction of sp³-hybridized carbons (Fsp3) is 0.308. The SMILES string of the molecule is CCCNc1cncc(-c2ccnc(OC)c2)n1. The van der Waals surface area contributed by atoms with Gasteiger partial charge in [-0.1, -0.05) is 6.92 Å². The number of pyridine rings is 1. The zero-order valence-electron chi connectivity index (χ0n) is 10.6. The van der Waals surface area contributed by atoms with Gasteiger partial charge in [-0.15, -0.1) is 0 Å². The number of hydrogen-bond acceptors (Lipinski definition) is 5. The van der Waals surface area contributed by atoms with Gasteiger partial charge in [0.15, 0.2) is 0 Å². The van der Waals surface area contributed by atoms with Gasteiger partial charge in [0.05, 0.1) is 25.2 Å². The van der Waals surface area contributed by atoms with E-state index in [2.05, 4.69) is 27.2 Å². The highest BCUT2D eigenvalue weighted by atomic mass is 16.5. The molecule has 2 rings (SSSR count). The third kappa shape index (κ3) is 2.94. The van der Waals surface area contributed by atoms with Crippen LogP contribution in [0.3, 0.4) is 0 Å². The summed E-state index contributed by atoms with van der Waals surface area (Å²) in [7, 11) is 1.59. The lowest BCUT2D eigenvalue weighted by Gasteiger charge is -2.06. The van der Waals surface area contributed by atoms with Crippen LogP contribution in [0.15, 0.2) is 30.7 Å². The number of nitrogens with zero attached hydrogens (tertiary/aromatic N) is 3. The van der Waals surface area contributed by atoms with Crippen LogP contribution in [0.1, 0.15) is 13.3 Å². The molecule has 18 heavy (non-hydrogen) atoms. The number of ether oxygens (including phenoxy) is 1. The highest BCUT2D eigenvalue weighted by Gasteiger charge is 2.03. The van der Waals surface area contributed by atoms with Crippen molar-refractivity contribution in [1.82, 2.24) is 15.0 Å². The van der Waals surface area contributed by atoms with Gasteiger partial charge in [-0.2, -0.15) is 0 Å². The average molecular weight is 244 g/mol. The van der Waals surface area contributed by atoms with Crippen LogP contribution in [0.5, 0.6) is 5.88 Å². The molecule has 1 N–H and O–H groups in total. The van der Waals surface area contributed by atoms with E-state index >= 15 is 0 Å². The molecule has 2 heterocycles. The first-order valence-electron chi connectivity index (χ1n) is 5.90. The lowest BCUT2D eigenvalue weighted by atomic mass is 10.2. The van der Waals surface area contributed by atoms with E-state index in [0.717, 1.165) is 30.0 Å². The summed E-state index contributed by atoms with van der Waals surface area (Å²) in [5, 5.41) is 3.21. The molecular weight excluding hydrogens is 228 g/mol. The zero-order valence-corrected chi connectivity index (χ0v) is 10.6. The third-order valence-corrected chi connectivity index (χ3v) is 2.43. The summed E-state index contributed by atoms with van der Waals surface area (Å²) >= 11 is 0. The predicted molar refractivity (Wildman–Crippen MR) is 70.6 cm³/mol. The second-order valence-electron chi connectivity index (χ2n) is 3.80. The van der Waals surface area contributed by atoms with Crippen LogP contribution in [-0.2, 0) is 0 Å². The monoisotopic (exact) mass is 244 g/mol. The van der Waals surface area contributed by atoms with Gasteiger partial charge in [-0.05, 0) is 12.5 Å². The summed E-state index contributed by atoms with van der Waals surface area (Å²) < 4.78 is 5.10. The summed E-state index contributed by atoms with van der Waals surface area (Å²) in [5.74, 6) is 1.35. The third-order valence-electron chi connectivity index (χ3n) is 2.43. The minimum Gasteiger partial charge on any atom is -0.481 e. The molecule has 0 unspecified atom stereocenters. The van der Waals surface area contributed by atoms with Crippen molar-refractivity contribution in [1.29, 1.82) is 0 Å². The van der Waals surface area contributed by atoms with Crippen LogP contribution in [0, 0.1) is 0 Å². The van der Waals surface area contributed by atoms with Gasteiger partial charge in [-0.25, -0.2) is 9.97 Å². The van der Waals surface area contributed by atoms with Crippen molar-refractivity contribution in [3.8, 4) is 17.1 Å². The van der Waals surface area contributed by atoms with Gasteiger partial charge >= 0.3 is 0 Å². The molecule has 0 aromatic carbocycles. The van der Waals surface area contributed by atoms with E-state index in [1.54, 1.807) is 25.7 Å². The minimum atomic E-state index is 0.571. The number of hydrogen-bond donors (Lipinski definition) is 1. The average Bonchev–Trinajstić information content (AvgIpc) is 2.45. The van der Waals surface area contributed by atoms with Gasteiger partial charge in [0, 0.05) is 24.4 Å². The van der Waals surface area contributed by atoms with Crippen LogP contribution >= 0.6 is 0 Å².